The minimum Gasteiger partial charge on any atom is -0.368 e. The second-order valence-electron chi connectivity index (χ2n) is 4.81. The van der Waals surface area contributed by atoms with E-state index in [4.69, 9.17) is 28.5 Å². The summed E-state index contributed by atoms with van der Waals surface area (Å²) in [5, 5.41) is 13.7. The first-order valence-corrected chi connectivity index (χ1v) is 7.82. The van der Waals surface area contributed by atoms with E-state index < -0.39 is 0 Å². The summed E-state index contributed by atoms with van der Waals surface area (Å²) >= 11 is 11.4. The van der Waals surface area contributed by atoms with E-state index in [0.717, 1.165) is 36.9 Å². The van der Waals surface area contributed by atoms with Crippen LogP contribution in [-0.4, -0.2) is 26.2 Å². The van der Waals surface area contributed by atoms with Crippen molar-refractivity contribution in [2.24, 2.45) is 0 Å². The summed E-state index contributed by atoms with van der Waals surface area (Å²) in [5.41, 5.74) is 1.65. The average molecular weight is 334 g/mol. The summed E-state index contributed by atoms with van der Waals surface area (Å²) in [6, 6.07) is 17.1. The van der Waals surface area contributed by atoms with Crippen molar-refractivity contribution in [2.75, 3.05) is 31.1 Å². The molecular formula is C17H17Cl2N3. The van der Waals surface area contributed by atoms with E-state index in [9.17, 15) is 0 Å². The molecule has 0 bridgehead atoms. The normalized spacial score (nSPS) is 13.8. The maximum absolute atomic E-state index is 9.02. The van der Waals surface area contributed by atoms with Crippen LogP contribution in [0.5, 0.6) is 0 Å². The van der Waals surface area contributed by atoms with Gasteiger partial charge in [0.2, 0.25) is 0 Å². The van der Waals surface area contributed by atoms with Crippen LogP contribution in [0.25, 0.3) is 0 Å². The predicted octanol–water partition coefficient (Wildman–Crippen LogP) is 3.96. The third-order valence-corrected chi connectivity index (χ3v) is 3.76. The third-order valence-electron chi connectivity index (χ3n) is 3.27. The highest BCUT2D eigenvalue weighted by Crippen LogP contribution is 2.23. The molecule has 0 spiro atoms. The van der Waals surface area contributed by atoms with Gasteiger partial charge < -0.3 is 10.2 Å². The van der Waals surface area contributed by atoms with Crippen LogP contribution < -0.4 is 10.2 Å². The summed E-state index contributed by atoms with van der Waals surface area (Å²) in [6.45, 7) is 3.81. The Labute approximate surface area is 141 Å². The van der Waals surface area contributed by atoms with Crippen LogP contribution in [0.2, 0.25) is 10.0 Å². The Kier molecular flexibility index (Phi) is 6.54. The van der Waals surface area contributed by atoms with Gasteiger partial charge in [-0.2, -0.15) is 5.26 Å². The van der Waals surface area contributed by atoms with Gasteiger partial charge in [0, 0.05) is 36.2 Å². The maximum atomic E-state index is 9.02. The highest BCUT2D eigenvalue weighted by Gasteiger charge is 2.13. The van der Waals surface area contributed by atoms with Crippen LogP contribution in [0.4, 0.5) is 5.69 Å². The fourth-order valence-electron chi connectivity index (χ4n) is 2.19. The zero-order chi connectivity index (χ0) is 15.8. The Morgan fingerprint density at radius 3 is 2.18 bits per heavy atom. The van der Waals surface area contributed by atoms with Crippen LogP contribution in [0.1, 0.15) is 5.56 Å². The van der Waals surface area contributed by atoms with Gasteiger partial charge in [-0.15, -0.1) is 0 Å². The van der Waals surface area contributed by atoms with E-state index in [1.807, 2.05) is 42.5 Å². The molecule has 22 heavy (non-hydrogen) atoms. The van der Waals surface area contributed by atoms with E-state index in [1.54, 1.807) is 6.07 Å². The molecule has 0 unspecified atom stereocenters. The number of benzene rings is 2. The molecule has 0 aliphatic carbocycles. The lowest BCUT2D eigenvalue weighted by Crippen LogP contribution is -2.43. The van der Waals surface area contributed by atoms with Crippen molar-refractivity contribution >= 4 is 28.9 Å². The lowest BCUT2D eigenvalue weighted by atomic mass is 10.1. The number of hydrogen-bond acceptors (Lipinski definition) is 3. The fourth-order valence-corrected chi connectivity index (χ4v) is 2.51. The Hall–Kier alpha value is -1.73. The molecule has 2 aromatic carbocycles. The van der Waals surface area contributed by atoms with Gasteiger partial charge in [0.05, 0.1) is 11.3 Å². The second-order valence-corrected chi connectivity index (χ2v) is 5.68. The molecule has 3 rings (SSSR count). The predicted molar refractivity (Wildman–Crippen MR) is 92.7 cm³/mol. The summed E-state index contributed by atoms with van der Waals surface area (Å²) in [4.78, 5) is 2.21. The third kappa shape index (κ3) is 4.92. The molecule has 1 heterocycles. The van der Waals surface area contributed by atoms with Crippen LogP contribution in [0.15, 0.2) is 48.5 Å². The van der Waals surface area contributed by atoms with Crippen molar-refractivity contribution in [3.8, 4) is 6.07 Å². The molecule has 0 amide bonds. The molecule has 114 valence electrons. The van der Waals surface area contributed by atoms with E-state index in [1.165, 1.54) is 0 Å². The topological polar surface area (TPSA) is 39.1 Å². The number of anilines is 1. The number of halogens is 2. The number of rotatable bonds is 1. The first-order valence-electron chi connectivity index (χ1n) is 7.06. The Balaban J connectivity index is 0.000000211. The van der Waals surface area contributed by atoms with Gasteiger partial charge in [0.1, 0.15) is 6.07 Å². The van der Waals surface area contributed by atoms with Crippen LogP contribution in [0, 0.1) is 11.3 Å². The number of nitrogens with one attached hydrogen (secondary N) is 1. The molecule has 3 nitrogen and oxygen atoms in total. The average Bonchev–Trinajstić information content (AvgIpc) is 2.57. The Bertz CT molecular complexity index is 632. The smallest absolute Gasteiger partial charge is 0.101 e. The van der Waals surface area contributed by atoms with Gasteiger partial charge in [-0.1, -0.05) is 41.4 Å². The van der Waals surface area contributed by atoms with Crippen LogP contribution in [0.3, 0.4) is 0 Å². The fraction of sp³-hybridized carbons (Fsp3) is 0.235. The number of hydrogen-bond donors (Lipinski definition) is 1. The zero-order valence-corrected chi connectivity index (χ0v) is 13.6. The first-order chi connectivity index (χ1) is 10.7. The number of piperazine rings is 1. The van der Waals surface area contributed by atoms with E-state index in [2.05, 4.69) is 16.3 Å². The molecule has 1 aliphatic heterocycles. The molecule has 1 fully saturated rings. The van der Waals surface area contributed by atoms with Crippen molar-refractivity contribution in [2.45, 2.75) is 0 Å². The monoisotopic (exact) mass is 333 g/mol. The minimum atomic E-state index is 0.616. The van der Waals surface area contributed by atoms with Crippen molar-refractivity contribution in [1.82, 2.24) is 5.32 Å². The molecule has 0 radical (unpaired) electrons. The SMILES string of the molecule is Clc1ccccc1.N#Cc1cc(Cl)ccc1N1CCNCC1. The van der Waals surface area contributed by atoms with Crippen molar-refractivity contribution in [3.63, 3.8) is 0 Å². The standard InChI is InChI=1S/C11H12ClN3.C6H5Cl/c12-10-1-2-11(9(7-10)8-13)15-5-3-14-4-6-15;7-6-4-2-1-3-5-6/h1-2,7,14H,3-6H2;1-5H. The lowest BCUT2D eigenvalue weighted by molar-refractivity contribution is 0.589. The Morgan fingerprint density at radius 2 is 1.64 bits per heavy atom. The molecule has 2 aromatic rings. The summed E-state index contributed by atoms with van der Waals surface area (Å²) in [7, 11) is 0. The van der Waals surface area contributed by atoms with Gasteiger partial charge in [0.15, 0.2) is 0 Å². The molecular weight excluding hydrogens is 317 g/mol. The van der Waals surface area contributed by atoms with E-state index in [0.29, 0.717) is 10.6 Å². The second kappa shape index (κ2) is 8.65. The number of nitriles is 1. The highest BCUT2D eigenvalue weighted by molar-refractivity contribution is 6.31. The zero-order valence-electron chi connectivity index (χ0n) is 12.1. The molecule has 5 heteroatoms. The van der Waals surface area contributed by atoms with Crippen LogP contribution in [-0.2, 0) is 0 Å². The Morgan fingerprint density at radius 1 is 0.955 bits per heavy atom. The van der Waals surface area contributed by atoms with Gasteiger partial charge in [0.25, 0.3) is 0 Å². The molecule has 1 N–H and O–H groups in total. The van der Waals surface area contributed by atoms with Gasteiger partial charge >= 0.3 is 0 Å². The molecule has 0 saturated carbocycles. The number of nitrogens with zero attached hydrogens (tertiary/aromatic N) is 2. The largest absolute Gasteiger partial charge is 0.368 e. The molecule has 0 aromatic heterocycles. The van der Waals surface area contributed by atoms with E-state index in [-0.39, 0.29) is 0 Å². The maximum Gasteiger partial charge on any atom is 0.101 e. The van der Waals surface area contributed by atoms with Crippen LogP contribution >= 0.6 is 23.2 Å². The molecule has 1 aliphatic rings. The minimum absolute atomic E-state index is 0.616. The van der Waals surface area contributed by atoms with Crippen molar-refractivity contribution in [3.05, 3.63) is 64.1 Å². The van der Waals surface area contributed by atoms with Crippen molar-refractivity contribution < 1.29 is 0 Å². The highest BCUT2D eigenvalue weighted by atomic mass is 35.5. The summed E-state index contributed by atoms with van der Waals surface area (Å²) in [6.07, 6.45) is 0. The van der Waals surface area contributed by atoms with Crippen molar-refractivity contribution in [1.29, 1.82) is 5.26 Å². The van der Waals surface area contributed by atoms with E-state index >= 15 is 0 Å². The molecule has 1 saturated heterocycles. The summed E-state index contributed by atoms with van der Waals surface area (Å²) < 4.78 is 0. The van der Waals surface area contributed by atoms with Gasteiger partial charge in [-0.3, -0.25) is 0 Å². The molecule has 0 atom stereocenters. The summed E-state index contributed by atoms with van der Waals surface area (Å²) in [5.74, 6) is 0. The first kappa shape index (κ1) is 16.6. The lowest BCUT2D eigenvalue weighted by Gasteiger charge is -2.30. The quantitative estimate of drug-likeness (QED) is 0.858. The van der Waals surface area contributed by atoms with Gasteiger partial charge in [-0.05, 0) is 30.3 Å². The van der Waals surface area contributed by atoms with Gasteiger partial charge in [-0.25, -0.2) is 0 Å².